The molecular weight excluding hydrogens is 358 g/mol. The molecule has 10 heteroatoms. The van der Waals surface area contributed by atoms with Gasteiger partial charge >= 0.3 is 15.6 Å². The SMILES string of the molecule is COP(=O)(OC)OC1C(C)C(C)C(C)C(OP(=O)(OC)OC)C1C. The summed E-state index contributed by atoms with van der Waals surface area (Å²) in [6.45, 7) is 7.96. The van der Waals surface area contributed by atoms with E-state index in [2.05, 4.69) is 0 Å². The lowest BCUT2D eigenvalue weighted by Crippen LogP contribution is -2.50. The first-order chi connectivity index (χ1) is 11.1. The van der Waals surface area contributed by atoms with Crippen molar-refractivity contribution in [2.75, 3.05) is 28.4 Å². The zero-order valence-corrected chi connectivity index (χ0v) is 17.4. The largest absolute Gasteiger partial charge is 0.474 e. The first-order valence-electron chi connectivity index (χ1n) is 7.87. The Morgan fingerprint density at radius 3 is 1.08 bits per heavy atom. The third kappa shape index (κ3) is 4.68. The maximum absolute atomic E-state index is 12.4. The van der Waals surface area contributed by atoms with Crippen molar-refractivity contribution in [3.8, 4) is 0 Å². The third-order valence-corrected chi connectivity index (χ3v) is 7.92. The van der Waals surface area contributed by atoms with Gasteiger partial charge in [-0.3, -0.25) is 27.1 Å². The fraction of sp³-hybridized carbons (Fsp3) is 1.00. The van der Waals surface area contributed by atoms with Crippen LogP contribution in [0.4, 0.5) is 0 Å². The van der Waals surface area contributed by atoms with Gasteiger partial charge in [-0.15, -0.1) is 0 Å². The molecule has 0 N–H and O–H groups in total. The highest BCUT2D eigenvalue weighted by Crippen LogP contribution is 2.57. The van der Waals surface area contributed by atoms with Gasteiger partial charge < -0.3 is 0 Å². The van der Waals surface area contributed by atoms with Crippen molar-refractivity contribution in [1.82, 2.24) is 0 Å². The van der Waals surface area contributed by atoms with Gasteiger partial charge in [0, 0.05) is 34.4 Å². The molecule has 0 radical (unpaired) electrons. The molecule has 4 unspecified atom stereocenters. The highest BCUT2D eigenvalue weighted by molar-refractivity contribution is 7.48. The van der Waals surface area contributed by atoms with Crippen LogP contribution in [0.1, 0.15) is 27.7 Å². The minimum atomic E-state index is -3.65. The number of hydrogen-bond donors (Lipinski definition) is 0. The average Bonchev–Trinajstić information content (AvgIpc) is 2.60. The first-order valence-corrected chi connectivity index (χ1v) is 10.8. The van der Waals surface area contributed by atoms with E-state index < -0.39 is 27.9 Å². The fourth-order valence-corrected chi connectivity index (χ4v) is 5.23. The Kier molecular flexibility index (Phi) is 8.11. The zero-order valence-electron chi connectivity index (χ0n) is 15.6. The second-order valence-electron chi connectivity index (χ2n) is 6.20. The topological polar surface area (TPSA) is 89.5 Å². The molecule has 0 bridgehead atoms. The summed E-state index contributed by atoms with van der Waals surface area (Å²) in [4.78, 5) is 0. The van der Waals surface area contributed by atoms with E-state index in [1.54, 1.807) is 0 Å². The maximum atomic E-state index is 12.4. The van der Waals surface area contributed by atoms with E-state index in [4.69, 9.17) is 27.1 Å². The standard InChI is InChI=1S/C14H30O8P2/c1-9-10(2)13(21-23(15,17-5)18-6)12(4)14(11(9)3)22-24(16,19-7)20-8/h9-14H,1-8H3. The van der Waals surface area contributed by atoms with E-state index >= 15 is 0 Å². The van der Waals surface area contributed by atoms with Crippen LogP contribution in [0, 0.1) is 23.7 Å². The lowest BCUT2D eigenvalue weighted by molar-refractivity contribution is -0.0961. The van der Waals surface area contributed by atoms with E-state index in [1.807, 2.05) is 27.7 Å². The lowest BCUT2D eigenvalue weighted by Gasteiger charge is -2.47. The first kappa shape index (κ1) is 22.3. The van der Waals surface area contributed by atoms with Crippen LogP contribution in [-0.2, 0) is 36.3 Å². The molecule has 4 atom stereocenters. The summed E-state index contributed by atoms with van der Waals surface area (Å²) < 4.78 is 55.7. The quantitative estimate of drug-likeness (QED) is 0.574. The summed E-state index contributed by atoms with van der Waals surface area (Å²) >= 11 is 0. The molecule has 144 valence electrons. The van der Waals surface area contributed by atoms with Gasteiger partial charge in [-0.25, -0.2) is 9.13 Å². The maximum Gasteiger partial charge on any atom is 0.474 e. The third-order valence-electron chi connectivity index (χ3n) is 5.13. The Bertz CT molecular complexity index is 441. The van der Waals surface area contributed by atoms with Crippen molar-refractivity contribution in [3.05, 3.63) is 0 Å². The molecule has 0 spiro atoms. The minimum Gasteiger partial charge on any atom is -0.290 e. The zero-order chi connectivity index (χ0) is 18.7. The van der Waals surface area contributed by atoms with Gasteiger partial charge in [0.25, 0.3) is 0 Å². The van der Waals surface area contributed by atoms with Crippen molar-refractivity contribution in [2.24, 2.45) is 23.7 Å². The van der Waals surface area contributed by atoms with Gasteiger partial charge in [0.2, 0.25) is 0 Å². The molecule has 0 aromatic heterocycles. The second kappa shape index (κ2) is 8.74. The van der Waals surface area contributed by atoms with Crippen LogP contribution in [0.2, 0.25) is 0 Å². The molecule has 0 aromatic carbocycles. The van der Waals surface area contributed by atoms with E-state index in [-0.39, 0.29) is 23.7 Å². The van der Waals surface area contributed by atoms with Crippen LogP contribution in [0.5, 0.6) is 0 Å². The predicted octanol–water partition coefficient (Wildman–Crippen LogP) is 4.12. The van der Waals surface area contributed by atoms with Gasteiger partial charge in [-0.05, 0) is 17.8 Å². The van der Waals surface area contributed by atoms with E-state index in [0.717, 1.165) is 0 Å². The highest BCUT2D eigenvalue weighted by Gasteiger charge is 2.49. The molecule has 0 aliphatic heterocycles. The van der Waals surface area contributed by atoms with Gasteiger partial charge in [-0.2, -0.15) is 0 Å². The average molecular weight is 388 g/mol. The van der Waals surface area contributed by atoms with E-state index in [0.29, 0.717) is 0 Å². The van der Waals surface area contributed by atoms with Crippen LogP contribution in [0.25, 0.3) is 0 Å². The normalized spacial score (nSPS) is 35.2. The molecule has 0 amide bonds. The summed E-state index contributed by atoms with van der Waals surface area (Å²) in [5.41, 5.74) is 0. The Labute approximate surface area is 144 Å². The molecule has 1 aliphatic rings. The molecule has 8 nitrogen and oxygen atoms in total. The van der Waals surface area contributed by atoms with Crippen molar-refractivity contribution < 1.29 is 36.3 Å². The number of hydrogen-bond acceptors (Lipinski definition) is 8. The van der Waals surface area contributed by atoms with Crippen molar-refractivity contribution in [2.45, 2.75) is 39.9 Å². The molecule has 0 heterocycles. The molecule has 24 heavy (non-hydrogen) atoms. The van der Waals surface area contributed by atoms with Crippen molar-refractivity contribution >= 4 is 15.6 Å². The number of phosphoric ester groups is 2. The molecule has 1 aliphatic carbocycles. The Hall–Kier alpha value is 0.220. The lowest BCUT2D eigenvalue weighted by atomic mass is 9.67. The fourth-order valence-electron chi connectivity index (χ4n) is 3.23. The van der Waals surface area contributed by atoms with Crippen LogP contribution in [-0.4, -0.2) is 40.6 Å². The minimum absolute atomic E-state index is 0.0675. The summed E-state index contributed by atoms with van der Waals surface area (Å²) in [7, 11) is -2.22. The monoisotopic (exact) mass is 388 g/mol. The molecular formula is C14H30O8P2. The summed E-state index contributed by atoms with van der Waals surface area (Å²) in [5.74, 6) is 0.0554. The van der Waals surface area contributed by atoms with E-state index in [9.17, 15) is 9.13 Å². The van der Waals surface area contributed by atoms with Gasteiger partial charge in [0.15, 0.2) is 0 Å². The Morgan fingerprint density at radius 2 is 0.833 bits per heavy atom. The molecule has 0 aromatic rings. The molecule has 1 rings (SSSR count). The summed E-state index contributed by atoms with van der Waals surface area (Å²) in [5, 5.41) is 0. The van der Waals surface area contributed by atoms with Crippen LogP contribution >= 0.6 is 15.6 Å². The molecule has 1 fully saturated rings. The van der Waals surface area contributed by atoms with Crippen LogP contribution in [0.3, 0.4) is 0 Å². The number of rotatable bonds is 8. The van der Waals surface area contributed by atoms with Crippen molar-refractivity contribution in [3.63, 3.8) is 0 Å². The predicted molar refractivity (Wildman–Crippen MR) is 89.7 cm³/mol. The van der Waals surface area contributed by atoms with Gasteiger partial charge in [0.1, 0.15) is 0 Å². The Balaban J connectivity index is 3.10. The van der Waals surface area contributed by atoms with Crippen LogP contribution in [0.15, 0.2) is 0 Å². The van der Waals surface area contributed by atoms with Crippen LogP contribution < -0.4 is 0 Å². The van der Waals surface area contributed by atoms with Gasteiger partial charge in [0.05, 0.1) is 12.2 Å². The smallest absolute Gasteiger partial charge is 0.290 e. The van der Waals surface area contributed by atoms with Crippen molar-refractivity contribution in [1.29, 1.82) is 0 Å². The summed E-state index contributed by atoms with van der Waals surface area (Å²) in [6.07, 6.45) is -0.928. The van der Waals surface area contributed by atoms with Gasteiger partial charge in [-0.1, -0.05) is 27.7 Å². The number of phosphoric acid groups is 2. The highest BCUT2D eigenvalue weighted by atomic mass is 31.2. The summed E-state index contributed by atoms with van der Waals surface area (Å²) in [6, 6.07) is 0. The molecule has 0 saturated heterocycles. The molecule has 1 saturated carbocycles. The Morgan fingerprint density at radius 1 is 0.542 bits per heavy atom. The second-order valence-corrected chi connectivity index (χ2v) is 9.87. The van der Waals surface area contributed by atoms with E-state index in [1.165, 1.54) is 28.4 Å².